The van der Waals surface area contributed by atoms with Gasteiger partial charge in [-0.25, -0.2) is 4.39 Å². The van der Waals surface area contributed by atoms with Crippen molar-refractivity contribution in [3.63, 3.8) is 0 Å². The van der Waals surface area contributed by atoms with Gasteiger partial charge in [-0.05, 0) is 42.4 Å². The van der Waals surface area contributed by atoms with E-state index < -0.39 is 6.04 Å². The third kappa shape index (κ3) is 3.58. The molecule has 6 nitrogen and oxygen atoms in total. The Labute approximate surface area is 157 Å². The van der Waals surface area contributed by atoms with E-state index in [9.17, 15) is 14.4 Å². The summed E-state index contributed by atoms with van der Waals surface area (Å²) in [5.74, 6) is -0.185. The van der Waals surface area contributed by atoms with Crippen LogP contribution in [0.25, 0.3) is 11.1 Å². The molecule has 2 bridgehead atoms. The molecule has 0 radical (unpaired) electrons. The van der Waals surface area contributed by atoms with Gasteiger partial charge in [0.15, 0.2) is 0 Å². The third-order valence-corrected chi connectivity index (χ3v) is 5.63. The number of nitrogens with one attached hydrogen (secondary N) is 2. The van der Waals surface area contributed by atoms with Gasteiger partial charge < -0.3 is 10.6 Å². The summed E-state index contributed by atoms with van der Waals surface area (Å²) in [6, 6.07) is 6.45. The SMILES string of the molecule is Cn1cc(-c2ccc(C[C@@H](C#N)NC(=O)[C@H]3N[C@@H]4CC[C@H]3C4)c(F)c2)cn1. The van der Waals surface area contributed by atoms with Gasteiger partial charge in [-0.15, -0.1) is 0 Å². The fraction of sp³-hybridized carbons (Fsp3) is 0.450. The molecule has 1 amide bonds. The molecule has 4 rings (SSSR count). The van der Waals surface area contributed by atoms with Crippen LogP contribution in [0.15, 0.2) is 30.6 Å². The van der Waals surface area contributed by atoms with Gasteiger partial charge >= 0.3 is 0 Å². The predicted octanol–water partition coefficient (Wildman–Crippen LogP) is 1.92. The lowest BCUT2D eigenvalue weighted by molar-refractivity contribution is -0.124. The monoisotopic (exact) mass is 367 g/mol. The van der Waals surface area contributed by atoms with Crippen molar-refractivity contribution in [3.05, 3.63) is 42.0 Å². The molecule has 0 unspecified atom stereocenters. The molecule has 2 aliphatic rings. The lowest BCUT2D eigenvalue weighted by Gasteiger charge is -2.23. The lowest BCUT2D eigenvalue weighted by atomic mass is 9.98. The maximum Gasteiger partial charge on any atom is 0.238 e. The highest BCUT2D eigenvalue weighted by Gasteiger charge is 2.43. The Morgan fingerprint density at radius 1 is 1.48 bits per heavy atom. The van der Waals surface area contributed by atoms with Crippen LogP contribution in [0.4, 0.5) is 4.39 Å². The number of amides is 1. The molecule has 140 valence electrons. The van der Waals surface area contributed by atoms with Crippen molar-refractivity contribution in [1.29, 1.82) is 5.26 Å². The predicted molar refractivity (Wildman–Crippen MR) is 97.9 cm³/mol. The standard InChI is InChI=1S/C20H22FN5O/c1-26-11-15(10-23-26)12-2-3-13(18(21)8-12)6-17(9-22)25-20(27)19-14-4-5-16(7-14)24-19/h2-3,8,10-11,14,16-17,19,24H,4-7H2,1H3,(H,25,27)/t14-,16+,17-,19-/m0/s1. The number of hydrogen-bond acceptors (Lipinski definition) is 4. The molecule has 7 heteroatoms. The lowest BCUT2D eigenvalue weighted by Crippen LogP contribution is -2.50. The summed E-state index contributed by atoms with van der Waals surface area (Å²) in [6.45, 7) is 0. The van der Waals surface area contributed by atoms with Crippen LogP contribution in [-0.4, -0.2) is 33.8 Å². The van der Waals surface area contributed by atoms with E-state index in [0.29, 0.717) is 17.5 Å². The number of nitrogens with zero attached hydrogens (tertiary/aromatic N) is 3. The van der Waals surface area contributed by atoms with Crippen LogP contribution < -0.4 is 10.6 Å². The molecule has 27 heavy (non-hydrogen) atoms. The number of rotatable bonds is 5. The summed E-state index contributed by atoms with van der Waals surface area (Å²) in [7, 11) is 1.80. The maximum absolute atomic E-state index is 14.5. The van der Waals surface area contributed by atoms with Gasteiger partial charge in [0, 0.05) is 31.3 Å². The molecule has 4 atom stereocenters. The molecule has 2 aromatic rings. The van der Waals surface area contributed by atoms with Crippen molar-refractivity contribution in [2.75, 3.05) is 0 Å². The Hall–Kier alpha value is -2.72. The molecule has 1 aliphatic heterocycles. The van der Waals surface area contributed by atoms with Crippen molar-refractivity contribution >= 4 is 5.91 Å². The zero-order valence-electron chi connectivity index (χ0n) is 15.2. The molecule has 2 heterocycles. The average Bonchev–Trinajstić information content (AvgIpc) is 3.39. The summed E-state index contributed by atoms with van der Waals surface area (Å²) in [5.41, 5.74) is 1.97. The smallest absolute Gasteiger partial charge is 0.238 e. The zero-order valence-corrected chi connectivity index (χ0v) is 15.2. The highest BCUT2D eigenvalue weighted by atomic mass is 19.1. The molecule has 1 aromatic carbocycles. The van der Waals surface area contributed by atoms with Crippen LogP contribution in [0.5, 0.6) is 0 Å². The van der Waals surface area contributed by atoms with Crippen molar-refractivity contribution < 1.29 is 9.18 Å². The molecule has 1 aliphatic carbocycles. The fourth-order valence-electron chi connectivity index (χ4n) is 4.22. The highest BCUT2D eigenvalue weighted by molar-refractivity contribution is 5.83. The number of carbonyl (C=O) groups is 1. The van der Waals surface area contributed by atoms with Crippen LogP contribution in [-0.2, 0) is 18.3 Å². The van der Waals surface area contributed by atoms with Gasteiger partial charge in [0.25, 0.3) is 0 Å². The van der Waals surface area contributed by atoms with Crippen molar-refractivity contribution in [3.8, 4) is 17.2 Å². The molecule has 1 aromatic heterocycles. The minimum absolute atomic E-state index is 0.141. The Morgan fingerprint density at radius 2 is 2.33 bits per heavy atom. The number of fused-ring (bicyclic) bond motifs is 2. The van der Waals surface area contributed by atoms with E-state index in [4.69, 9.17) is 0 Å². The normalized spacial score (nSPS) is 24.6. The van der Waals surface area contributed by atoms with Gasteiger partial charge in [-0.2, -0.15) is 10.4 Å². The number of halogens is 1. The van der Waals surface area contributed by atoms with Gasteiger partial charge in [0.05, 0.1) is 18.3 Å². The van der Waals surface area contributed by atoms with Crippen molar-refractivity contribution in [1.82, 2.24) is 20.4 Å². The van der Waals surface area contributed by atoms with Crippen LogP contribution in [0.2, 0.25) is 0 Å². The summed E-state index contributed by atoms with van der Waals surface area (Å²) >= 11 is 0. The largest absolute Gasteiger partial charge is 0.339 e. The number of benzene rings is 1. The van der Waals surface area contributed by atoms with Gasteiger partial charge in [0.1, 0.15) is 11.9 Å². The minimum Gasteiger partial charge on any atom is -0.339 e. The first-order valence-corrected chi connectivity index (χ1v) is 9.27. The second kappa shape index (κ2) is 7.12. The summed E-state index contributed by atoms with van der Waals surface area (Å²) in [4.78, 5) is 12.5. The Morgan fingerprint density at radius 3 is 2.93 bits per heavy atom. The topological polar surface area (TPSA) is 82.7 Å². The van der Waals surface area contributed by atoms with Gasteiger partial charge in [-0.3, -0.25) is 9.48 Å². The van der Waals surface area contributed by atoms with Gasteiger partial charge in [0.2, 0.25) is 5.91 Å². The van der Waals surface area contributed by atoms with E-state index in [-0.39, 0.29) is 24.2 Å². The third-order valence-electron chi connectivity index (χ3n) is 5.63. The molecule has 1 saturated carbocycles. The van der Waals surface area contributed by atoms with E-state index in [0.717, 1.165) is 30.4 Å². The maximum atomic E-state index is 14.5. The van der Waals surface area contributed by atoms with Crippen molar-refractivity contribution in [2.24, 2.45) is 13.0 Å². The van der Waals surface area contributed by atoms with E-state index in [1.54, 1.807) is 24.0 Å². The summed E-state index contributed by atoms with van der Waals surface area (Å²) in [6.07, 6.45) is 6.83. The minimum atomic E-state index is -0.753. The molecular weight excluding hydrogens is 345 g/mol. The molecular formula is C20H22FN5O. The number of aromatic nitrogens is 2. The number of aryl methyl sites for hydroxylation is 1. The van der Waals surface area contributed by atoms with E-state index in [1.807, 2.05) is 12.3 Å². The average molecular weight is 367 g/mol. The number of nitriles is 1. The number of hydrogen-bond donors (Lipinski definition) is 2. The first-order valence-electron chi connectivity index (χ1n) is 9.27. The molecule has 2 fully saturated rings. The van der Waals surface area contributed by atoms with Crippen LogP contribution in [0.3, 0.4) is 0 Å². The summed E-state index contributed by atoms with van der Waals surface area (Å²) in [5, 5.41) is 19.6. The van der Waals surface area contributed by atoms with Crippen LogP contribution >= 0.6 is 0 Å². The Balaban J connectivity index is 1.42. The van der Waals surface area contributed by atoms with Gasteiger partial charge in [-0.1, -0.05) is 12.1 Å². The Kier molecular flexibility index (Phi) is 4.66. The van der Waals surface area contributed by atoms with Crippen LogP contribution in [0, 0.1) is 23.1 Å². The van der Waals surface area contributed by atoms with Crippen molar-refractivity contribution in [2.45, 2.75) is 43.8 Å². The van der Waals surface area contributed by atoms with E-state index in [1.165, 1.54) is 6.07 Å². The second-order valence-electron chi connectivity index (χ2n) is 7.52. The molecule has 1 saturated heterocycles. The van der Waals surface area contributed by atoms with E-state index >= 15 is 0 Å². The fourth-order valence-corrected chi connectivity index (χ4v) is 4.22. The van der Waals surface area contributed by atoms with E-state index in [2.05, 4.69) is 21.8 Å². The second-order valence-corrected chi connectivity index (χ2v) is 7.52. The Bertz CT molecular complexity index is 902. The number of carbonyl (C=O) groups excluding carboxylic acids is 1. The first-order chi connectivity index (χ1) is 13.0. The molecule has 2 N–H and O–H groups in total. The van der Waals surface area contributed by atoms with Crippen LogP contribution in [0.1, 0.15) is 24.8 Å². The summed E-state index contributed by atoms with van der Waals surface area (Å²) < 4.78 is 16.2. The quantitative estimate of drug-likeness (QED) is 0.846. The first kappa shape index (κ1) is 17.7. The highest BCUT2D eigenvalue weighted by Crippen LogP contribution is 2.35. The zero-order chi connectivity index (χ0) is 19.0. The number of piperidine rings is 1. The molecule has 0 spiro atoms.